The van der Waals surface area contributed by atoms with Crippen LogP contribution in [0.1, 0.15) is 0 Å². The van der Waals surface area contributed by atoms with Gasteiger partial charge in [0.1, 0.15) is 33.5 Å². The van der Waals surface area contributed by atoms with Crippen molar-refractivity contribution in [2.24, 2.45) is 0 Å². The number of hydrogen-bond acceptors (Lipinski definition) is 6. The van der Waals surface area contributed by atoms with E-state index in [-0.39, 0.29) is 0 Å². The van der Waals surface area contributed by atoms with E-state index < -0.39 is 0 Å². The second-order valence-electron chi connectivity index (χ2n) is 33.3. The van der Waals surface area contributed by atoms with E-state index in [0.29, 0.717) is 0 Å². The number of pyridine rings is 3. The van der Waals surface area contributed by atoms with Crippen molar-refractivity contribution in [3.05, 3.63) is 455 Å². The van der Waals surface area contributed by atoms with Crippen LogP contribution in [0.4, 0.5) is 0 Å². The number of fused-ring (bicyclic) bond motifs is 21. The fourth-order valence-corrected chi connectivity index (χ4v) is 20.4. The molecule has 0 atom stereocenters. The average molecular weight is 1640 g/mol. The molecule has 0 bridgehead atoms. The highest BCUT2D eigenvalue weighted by Gasteiger charge is 2.24. The number of nitrogens with zero attached hydrogens (tertiary/aromatic N) is 3. The molecule has 0 saturated carbocycles. The summed E-state index contributed by atoms with van der Waals surface area (Å²) >= 11 is 0. The Bertz CT molecular complexity index is 8930. The zero-order valence-corrected chi connectivity index (χ0v) is 69.9. The lowest BCUT2D eigenvalue weighted by Crippen LogP contribution is -1.92. The van der Waals surface area contributed by atoms with Crippen LogP contribution in [-0.2, 0) is 0 Å². The Morgan fingerprint density at radius 3 is 0.798 bits per heavy atom. The van der Waals surface area contributed by atoms with Gasteiger partial charge >= 0.3 is 0 Å². The highest BCUT2D eigenvalue weighted by Crippen LogP contribution is 2.50. The Hall–Kier alpha value is -17.2. The lowest BCUT2D eigenvalue weighted by atomic mass is 9.86. The number of para-hydroxylation sites is 1. The fourth-order valence-electron chi connectivity index (χ4n) is 20.4. The van der Waals surface area contributed by atoms with Crippen molar-refractivity contribution in [2.45, 2.75) is 0 Å². The van der Waals surface area contributed by atoms with Gasteiger partial charge in [-0.15, -0.1) is 0 Å². The Kier molecular flexibility index (Phi) is 17.9. The summed E-state index contributed by atoms with van der Waals surface area (Å²) in [5, 5.41) is 28.9. The number of aromatic nitrogens is 3. The molecule has 6 aromatic heterocycles. The smallest absolute Gasteiger partial charge is 0.144 e. The second-order valence-corrected chi connectivity index (χ2v) is 33.3. The summed E-state index contributed by atoms with van der Waals surface area (Å²) in [6.07, 6.45) is 6.06. The first-order valence-electron chi connectivity index (χ1n) is 43.9. The van der Waals surface area contributed by atoms with Crippen LogP contribution in [0.15, 0.2) is 469 Å². The van der Waals surface area contributed by atoms with Crippen molar-refractivity contribution in [3.63, 3.8) is 0 Å². The Labute approximate surface area is 741 Å². The van der Waals surface area contributed by atoms with E-state index in [1.165, 1.54) is 152 Å². The minimum atomic E-state index is 0.872. The summed E-state index contributed by atoms with van der Waals surface area (Å²) in [5.74, 6) is 0. The maximum atomic E-state index is 6.49. The van der Waals surface area contributed by atoms with Crippen molar-refractivity contribution < 1.29 is 13.3 Å². The van der Waals surface area contributed by atoms with E-state index in [2.05, 4.69) is 437 Å². The predicted octanol–water partition coefficient (Wildman–Crippen LogP) is 34.3. The molecule has 0 aliphatic heterocycles. The van der Waals surface area contributed by atoms with E-state index >= 15 is 0 Å². The number of rotatable bonds is 9. The quantitative estimate of drug-likeness (QED) is 0.134. The number of furan rings is 3. The third kappa shape index (κ3) is 12.6. The van der Waals surface area contributed by atoms with E-state index in [0.717, 1.165) is 111 Å². The second kappa shape index (κ2) is 30.9. The Morgan fingerprint density at radius 1 is 0.147 bits per heavy atom. The van der Waals surface area contributed by atoms with E-state index in [1.54, 1.807) is 0 Å². The predicted molar refractivity (Wildman–Crippen MR) is 541 cm³/mol. The molecule has 27 aromatic rings. The highest BCUT2D eigenvalue weighted by atomic mass is 16.3. The van der Waals surface area contributed by atoms with Gasteiger partial charge in [-0.05, 0) is 220 Å². The third-order valence-corrected chi connectivity index (χ3v) is 26.1. The van der Waals surface area contributed by atoms with Gasteiger partial charge < -0.3 is 13.3 Å². The lowest BCUT2D eigenvalue weighted by molar-refractivity contribution is 0.669. The molecule has 6 heterocycles. The molecule has 0 aliphatic carbocycles. The average Bonchev–Trinajstić information content (AvgIpc) is 1.66. The molecule has 0 unspecified atom stereocenters. The van der Waals surface area contributed by atoms with Crippen LogP contribution in [0.3, 0.4) is 0 Å². The van der Waals surface area contributed by atoms with Gasteiger partial charge in [0.2, 0.25) is 0 Å². The summed E-state index contributed by atoms with van der Waals surface area (Å²) in [5.41, 5.74) is 25.7. The van der Waals surface area contributed by atoms with Gasteiger partial charge in [0.05, 0.1) is 17.1 Å². The molecule has 0 fully saturated rings. The van der Waals surface area contributed by atoms with Crippen LogP contribution in [-0.4, -0.2) is 15.0 Å². The van der Waals surface area contributed by atoms with Crippen LogP contribution in [0, 0.1) is 0 Å². The summed E-state index contributed by atoms with van der Waals surface area (Å²) < 4.78 is 19.1. The zero-order chi connectivity index (χ0) is 85.0. The molecule has 6 heteroatoms. The van der Waals surface area contributed by atoms with Gasteiger partial charge in [0.15, 0.2) is 0 Å². The van der Waals surface area contributed by atoms with Gasteiger partial charge in [-0.1, -0.05) is 364 Å². The summed E-state index contributed by atoms with van der Waals surface area (Å²) in [6, 6.07) is 155. The first kappa shape index (κ1) is 74.4. The highest BCUT2D eigenvalue weighted by molar-refractivity contribution is 6.27. The van der Waals surface area contributed by atoms with Gasteiger partial charge in [-0.2, -0.15) is 0 Å². The van der Waals surface area contributed by atoms with E-state index in [1.807, 2.05) is 18.6 Å². The topological polar surface area (TPSA) is 78.1 Å². The van der Waals surface area contributed by atoms with Crippen LogP contribution in [0.25, 0.3) is 263 Å². The van der Waals surface area contributed by atoms with Crippen LogP contribution < -0.4 is 0 Å². The number of hydrogen-bond donors (Lipinski definition) is 0. The maximum Gasteiger partial charge on any atom is 0.144 e. The minimum absolute atomic E-state index is 0.872. The maximum absolute atomic E-state index is 6.49. The largest absolute Gasteiger partial charge is 0.456 e. The molecule has 0 radical (unpaired) electrons. The molecule has 21 aromatic carbocycles. The van der Waals surface area contributed by atoms with Crippen molar-refractivity contribution in [2.75, 3.05) is 0 Å². The Balaban J connectivity index is 0.000000105. The van der Waals surface area contributed by atoms with Crippen LogP contribution >= 0.6 is 0 Å². The van der Waals surface area contributed by atoms with Gasteiger partial charge in [-0.3, -0.25) is 15.0 Å². The zero-order valence-electron chi connectivity index (χ0n) is 69.9. The van der Waals surface area contributed by atoms with Gasteiger partial charge in [0, 0.05) is 84.3 Å². The number of benzene rings is 21. The molecule has 0 aliphatic rings. The molecule has 600 valence electrons. The van der Waals surface area contributed by atoms with Crippen molar-refractivity contribution in [3.8, 4) is 101 Å². The SMILES string of the molecule is c1ccc(-c2c3ccccc3c(-c3ccc(-c4ccc5c(c4)oc4ccc6ccccc6c45)nc3)c3ccccc23)cc1.c1ccc(-c2c3ccccc3c(-c3ccc(-c4ccc5oc6ccc7ccccc7c6c5c4)nc3)c3ccccc23)cc1.c1ccc(-c2c3ccccc3c(-c3ccc(-c4cccc5c4oc4ccc6ccccc6c45)nc3)c3ccccc23)cc1. The van der Waals surface area contributed by atoms with Gasteiger partial charge in [-0.25, -0.2) is 0 Å². The molecular weight excluding hydrogens is 1570 g/mol. The molecule has 0 N–H and O–H groups in total. The molecule has 27 rings (SSSR count). The molecular formula is C123H75N3O3. The van der Waals surface area contributed by atoms with E-state index in [9.17, 15) is 0 Å². The normalized spacial score (nSPS) is 11.7. The van der Waals surface area contributed by atoms with Crippen LogP contribution in [0.5, 0.6) is 0 Å². The monoisotopic (exact) mass is 1640 g/mol. The summed E-state index contributed by atoms with van der Waals surface area (Å²) in [6.45, 7) is 0. The third-order valence-electron chi connectivity index (χ3n) is 26.1. The first-order chi connectivity index (χ1) is 64.0. The fraction of sp³-hybridized carbons (Fsp3) is 0. The van der Waals surface area contributed by atoms with Crippen molar-refractivity contribution in [1.82, 2.24) is 15.0 Å². The molecule has 0 spiro atoms. The van der Waals surface area contributed by atoms with Crippen molar-refractivity contribution >= 4 is 163 Å². The van der Waals surface area contributed by atoms with Crippen LogP contribution in [0.2, 0.25) is 0 Å². The lowest BCUT2D eigenvalue weighted by Gasteiger charge is -2.17. The Morgan fingerprint density at radius 2 is 0.426 bits per heavy atom. The molecule has 0 amide bonds. The summed E-state index contributed by atoms with van der Waals surface area (Å²) in [7, 11) is 0. The molecule has 6 nitrogen and oxygen atoms in total. The standard InChI is InChI=1S/3C41H25NO/c1-2-12-27(13-3-1)38-30-15-6-8-17-32(30)39(33-18-9-7-16-31(33)38)28-21-23-36(42-25-28)34-19-10-20-35-40-29-14-5-4-11-26(29)22-24-37(40)43-41(34)35;1-2-11-27(12-3-1)39-31-14-6-8-16-33(31)40(34-17-9-7-15-32(34)39)29-18-21-36(42-25-29)28-20-22-37-35(24-28)41-30-13-5-4-10-26(30)19-23-38(41)43-37;1-2-11-27(12-3-1)39-31-14-6-8-16-33(31)40(34-17-9-7-15-32(34)39)29-19-22-36(42-25-29)28-18-21-35-38(24-28)43-37-23-20-26-10-4-5-13-30(26)41(35)37/h3*1-25H. The first-order valence-corrected chi connectivity index (χ1v) is 43.9. The van der Waals surface area contributed by atoms with Crippen molar-refractivity contribution in [1.29, 1.82) is 0 Å². The van der Waals surface area contributed by atoms with Gasteiger partial charge in [0.25, 0.3) is 0 Å². The van der Waals surface area contributed by atoms with E-state index in [4.69, 9.17) is 28.2 Å². The summed E-state index contributed by atoms with van der Waals surface area (Å²) in [4.78, 5) is 15.1. The minimum Gasteiger partial charge on any atom is -0.456 e. The molecule has 129 heavy (non-hydrogen) atoms. The molecule has 0 saturated heterocycles.